The maximum atomic E-state index is 12.7. The molecule has 11 nitrogen and oxygen atoms in total. The molecule has 1 aliphatic rings. The molecule has 4 rings (SSSR count). The summed E-state index contributed by atoms with van der Waals surface area (Å²) in [4.78, 5) is 22.7. The molecule has 0 spiro atoms. The molecule has 11 heteroatoms. The minimum atomic E-state index is -0.942. The maximum Gasteiger partial charge on any atom is 0.233 e. The van der Waals surface area contributed by atoms with Gasteiger partial charge in [0, 0.05) is 12.6 Å². The number of anilines is 1. The normalized spacial score (nSPS) is 16.4. The van der Waals surface area contributed by atoms with Crippen molar-refractivity contribution < 1.29 is 19.1 Å². The van der Waals surface area contributed by atoms with Crippen molar-refractivity contribution in [1.82, 2.24) is 25.2 Å². The van der Waals surface area contributed by atoms with Crippen molar-refractivity contribution in [3.8, 4) is 0 Å². The van der Waals surface area contributed by atoms with Crippen LogP contribution in [0.5, 0.6) is 0 Å². The number of nitrogens with one attached hydrogen (secondary N) is 1. The molecule has 172 valence electrons. The lowest BCUT2D eigenvalue weighted by Gasteiger charge is -2.28. The van der Waals surface area contributed by atoms with Gasteiger partial charge in [-0.15, -0.1) is 5.10 Å². The van der Waals surface area contributed by atoms with Gasteiger partial charge in [0.05, 0.1) is 24.8 Å². The van der Waals surface area contributed by atoms with Crippen LogP contribution >= 0.6 is 0 Å². The van der Waals surface area contributed by atoms with E-state index in [4.69, 9.17) is 14.3 Å². The van der Waals surface area contributed by atoms with Crippen molar-refractivity contribution in [3.05, 3.63) is 65.6 Å². The molecule has 0 aliphatic carbocycles. The minimum absolute atomic E-state index is 0.0881. The zero-order valence-electron chi connectivity index (χ0n) is 18.6. The number of ether oxygens (including phenoxy) is 2. The molecule has 1 atom stereocenters. The van der Waals surface area contributed by atoms with E-state index in [0.717, 1.165) is 5.56 Å². The van der Waals surface area contributed by atoms with Crippen LogP contribution in [-0.4, -0.2) is 55.8 Å². The first-order valence-corrected chi connectivity index (χ1v) is 10.5. The second kappa shape index (κ2) is 9.84. The summed E-state index contributed by atoms with van der Waals surface area (Å²) >= 11 is 0. The number of tetrazole rings is 1. The van der Waals surface area contributed by atoms with Gasteiger partial charge in [-0.3, -0.25) is 4.79 Å². The van der Waals surface area contributed by atoms with Gasteiger partial charge in [-0.05, 0) is 36.4 Å². The minimum Gasteiger partial charge on any atom is -0.389 e. The first kappa shape index (κ1) is 22.5. The van der Waals surface area contributed by atoms with Crippen LogP contribution in [0.3, 0.4) is 0 Å². The summed E-state index contributed by atoms with van der Waals surface area (Å²) in [7, 11) is 1.73. The first-order chi connectivity index (χ1) is 16.0. The highest BCUT2D eigenvalue weighted by Gasteiger charge is 2.41. The third-order valence-electron chi connectivity index (χ3n) is 5.35. The molecule has 1 aromatic carbocycles. The number of nitrogens with zero attached hydrogens (tertiary/aromatic N) is 6. The summed E-state index contributed by atoms with van der Waals surface area (Å²) in [6, 6.07) is 14.8. The van der Waals surface area contributed by atoms with Gasteiger partial charge in [0.1, 0.15) is 5.82 Å². The zero-order chi connectivity index (χ0) is 23.3. The SMILES string of the molecule is CC(C(=O)Nc1cccc(CO/N=C(/c2ccccc2)c2nnnn2C)n1)C1(C)OCCO1. The van der Waals surface area contributed by atoms with E-state index in [1.165, 1.54) is 4.68 Å². The fourth-order valence-corrected chi connectivity index (χ4v) is 3.29. The Kier molecular flexibility index (Phi) is 6.71. The number of hydrogen-bond acceptors (Lipinski definition) is 9. The monoisotopic (exact) mass is 451 g/mol. The smallest absolute Gasteiger partial charge is 0.233 e. The van der Waals surface area contributed by atoms with E-state index in [1.54, 1.807) is 39.1 Å². The number of aromatic nitrogens is 5. The van der Waals surface area contributed by atoms with Crippen LogP contribution in [0.4, 0.5) is 5.82 Å². The third-order valence-corrected chi connectivity index (χ3v) is 5.35. The second-order valence-corrected chi connectivity index (χ2v) is 7.64. The lowest BCUT2D eigenvalue weighted by molar-refractivity contribution is -0.181. The Hall–Kier alpha value is -3.70. The predicted molar refractivity (Wildman–Crippen MR) is 118 cm³/mol. The number of hydrogen-bond donors (Lipinski definition) is 1. The Morgan fingerprint density at radius 2 is 1.97 bits per heavy atom. The van der Waals surface area contributed by atoms with Gasteiger partial charge in [0.25, 0.3) is 0 Å². The Morgan fingerprint density at radius 1 is 1.21 bits per heavy atom. The molecule has 1 unspecified atom stereocenters. The third kappa shape index (κ3) is 5.21. The topological polar surface area (TPSA) is 126 Å². The van der Waals surface area contributed by atoms with Gasteiger partial charge in [-0.1, -0.05) is 41.6 Å². The Bertz CT molecular complexity index is 1130. The van der Waals surface area contributed by atoms with Crippen molar-refractivity contribution >= 4 is 17.4 Å². The highest BCUT2D eigenvalue weighted by molar-refractivity contribution is 6.10. The molecule has 3 heterocycles. The van der Waals surface area contributed by atoms with Crippen LogP contribution in [0.2, 0.25) is 0 Å². The van der Waals surface area contributed by atoms with Crippen molar-refractivity contribution in [2.75, 3.05) is 18.5 Å². The number of carbonyl (C=O) groups excluding carboxylic acids is 1. The molecular weight excluding hydrogens is 426 g/mol. The van der Waals surface area contributed by atoms with Crippen molar-refractivity contribution in [1.29, 1.82) is 0 Å². The molecule has 1 aliphatic heterocycles. The number of oxime groups is 1. The summed E-state index contributed by atoms with van der Waals surface area (Å²) in [6.07, 6.45) is 0. The van der Waals surface area contributed by atoms with E-state index in [-0.39, 0.29) is 12.5 Å². The molecule has 33 heavy (non-hydrogen) atoms. The van der Waals surface area contributed by atoms with Gasteiger partial charge >= 0.3 is 0 Å². The molecule has 0 saturated carbocycles. The number of aryl methyl sites for hydroxylation is 1. The fraction of sp³-hybridized carbons (Fsp3) is 0.364. The van der Waals surface area contributed by atoms with E-state index in [1.807, 2.05) is 30.3 Å². The molecule has 1 N–H and O–H groups in total. The van der Waals surface area contributed by atoms with Gasteiger partial charge in [-0.25, -0.2) is 9.67 Å². The Balaban J connectivity index is 1.44. The lowest BCUT2D eigenvalue weighted by atomic mass is 10.0. The van der Waals surface area contributed by atoms with Crippen LogP contribution in [0.25, 0.3) is 0 Å². The Morgan fingerprint density at radius 3 is 2.67 bits per heavy atom. The van der Waals surface area contributed by atoms with Crippen molar-refractivity contribution in [2.24, 2.45) is 18.1 Å². The van der Waals surface area contributed by atoms with E-state index < -0.39 is 11.7 Å². The number of rotatable bonds is 8. The average Bonchev–Trinajstić information content (AvgIpc) is 3.46. The molecule has 0 bridgehead atoms. The van der Waals surface area contributed by atoms with E-state index in [9.17, 15) is 4.79 Å². The van der Waals surface area contributed by atoms with E-state index in [0.29, 0.717) is 36.3 Å². The second-order valence-electron chi connectivity index (χ2n) is 7.64. The molecule has 1 saturated heterocycles. The van der Waals surface area contributed by atoms with Crippen molar-refractivity contribution in [2.45, 2.75) is 26.2 Å². The average molecular weight is 451 g/mol. The van der Waals surface area contributed by atoms with Crippen LogP contribution < -0.4 is 5.32 Å². The lowest BCUT2D eigenvalue weighted by Crippen LogP contribution is -2.41. The molecule has 2 aromatic heterocycles. The summed E-state index contributed by atoms with van der Waals surface area (Å²) in [5.41, 5.74) is 1.89. The zero-order valence-corrected chi connectivity index (χ0v) is 18.6. The summed E-state index contributed by atoms with van der Waals surface area (Å²) in [6.45, 7) is 4.54. The quantitative estimate of drug-likeness (QED) is 0.407. The molecule has 1 amide bonds. The summed E-state index contributed by atoms with van der Waals surface area (Å²) in [5.74, 6) is -0.834. The number of carbonyl (C=O) groups is 1. The first-order valence-electron chi connectivity index (χ1n) is 10.5. The van der Waals surface area contributed by atoms with Gasteiger partial charge < -0.3 is 19.6 Å². The molecule has 0 radical (unpaired) electrons. The van der Waals surface area contributed by atoms with Gasteiger partial charge in [0.15, 0.2) is 18.1 Å². The standard InChI is InChI=1S/C22H25N7O4/c1-15(22(2)31-12-13-32-22)21(30)24-18-11-7-10-17(23-18)14-33-26-19(16-8-5-4-6-9-16)20-25-27-28-29(20)3/h4-11,15H,12-14H2,1-3H3,(H,23,24,30)/b26-19-. The highest BCUT2D eigenvalue weighted by Crippen LogP contribution is 2.28. The van der Waals surface area contributed by atoms with Gasteiger partial charge in [0.2, 0.25) is 11.7 Å². The summed E-state index contributed by atoms with van der Waals surface area (Å²) in [5, 5.41) is 18.6. The Labute approximate surface area is 190 Å². The largest absolute Gasteiger partial charge is 0.389 e. The van der Waals surface area contributed by atoms with Crippen molar-refractivity contribution in [3.63, 3.8) is 0 Å². The number of amides is 1. The van der Waals surface area contributed by atoms with E-state index >= 15 is 0 Å². The number of pyridine rings is 1. The van der Waals surface area contributed by atoms with Crippen LogP contribution in [0.15, 0.2) is 53.7 Å². The summed E-state index contributed by atoms with van der Waals surface area (Å²) < 4.78 is 12.7. The predicted octanol–water partition coefficient (Wildman–Crippen LogP) is 1.91. The fourth-order valence-electron chi connectivity index (χ4n) is 3.29. The molecule has 3 aromatic rings. The van der Waals surface area contributed by atoms with Gasteiger partial charge in [-0.2, -0.15) is 0 Å². The highest BCUT2D eigenvalue weighted by atomic mass is 16.7. The number of benzene rings is 1. The molecule has 1 fully saturated rings. The van der Waals surface area contributed by atoms with E-state index in [2.05, 4.69) is 31.0 Å². The molecular formula is C22H25N7O4. The van der Waals surface area contributed by atoms with Crippen LogP contribution in [0, 0.1) is 5.92 Å². The van der Waals surface area contributed by atoms with Crippen LogP contribution in [-0.2, 0) is 32.8 Å². The maximum absolute atomic E-state index is 12.7. The van der Waals surface area contributed by atoms with Crippen LogP contribution in [0.1, 0.15) is 30.9 Å².